The molecular formula is C14H19F3N2OS. The minimum Gasteiger partial charge on any atom is -0.383 e. The number of halogens is 3. The molecular weight excluding hydrogens is 301 g/mol. The number of nitrogens with zero attached hydrogens (tertiary/aromatic N) is 2. The number of benzene rings is 1. The second kappa shape index (κ2) is 7.38. The molecule has 21 heavy (non-hydrogen) atoms. The van der Waals surface area contributed by atoms with Crippen molar-refractivity contribution in [3.8, 4) is 0 Å². The van der Waals surface area contributed by atoms with Crippen molar-refractivity contribution in [1.82, 2.24) is 4.90 Å². The third-order valence-electron chi connectivity index (χ3n) is 3.40. The van der Waals surface area contributed by atoms with Crippen molar-refractivity contribution in [2.24, 2.45) is 0 Å². The van der Waals surface area contributed by atoms with Gasteiger partial charge in [-0.25, -0.2) is 0 Å². The Hall–Kier alpha value is -0.920. The number of hydrogen-bond donors (Lipinski definition) is 0. The number of methoxy groups -OCH3 is 1. The summed E-state index contributed by atoms with van der Waals surface area (Å²) in [5.74, 6) is 0. The summed E-state index contributed by atoms with van der Waals surface area (Å²) in [5, 5.41) is 0. The molecule has 1 aliphatic heterocycles. The maximum absolute atomic E-state index is 12.4. The van der Waals surface area contributed by atoms with Crippen LogP contribution in [0.1, 0.15) is 0 Å². The van der Waals surface area contributed by atoms with E-state index in [4.69, 9.17) is 4.74 Å². The lowest BCUT2D eigenvalue weighted by Gasteiger charge is -2.36. The highest BCUT2D eigenvalue weighted by Gasteiger charge is 2.29. The maximum Gasteiger partial charge on any atom is 0.446 e. The lowest BCUT2D eigenvalue weighted by Crippen LogP contribution is -2.47. The van der Waals surface area contributed by atoms with E-state index in [9.17, 15) is 13.2 Å². The second-order valence-corrected chi connectivity index (χ2v) is 6.01. The first-order valence-corrected chi connectivity index (χ1v) is 7.61. The Balaban J connectivity index is 1.92. The Kier molecular flexibility index (Phi) is 5.78. The van der Waals surface area contributed by atoms with Crippen LogP contribution in [0, 0.1) is 0 Å². The molecule has 1 saturated heterocycles. The van der Waals surface area contributed by atoms with Crippen LogP contribution in [0.25, 0.3) is 0 Å². The second-order valence-electron chi connectivity index (χ2n) is 4.87. The average Bonchev–Trinajstić information content (AvgIpc) is 2.44. The molecule has 3 nitrogen and oxygen atoms in total. The van der Waals surface area contributed by atoms with Crippen LogP contribution in [-0.2, 0) is 4.74 Å². The van der Waals surface area contributed by atoms with Crippen LogP contribution in [0.4, 0.5) is 18.9 Å². The van der Waals surface area contributed by atoms with E-state index in [0.29, 0.717) is 6.61 Å². The fraction of sp³-hybridized carbons (Fsp3) is 0.571. The lowest BCUT2D eigenvalue weighted by atomic mass is 10.2. The van der Waals surface area contributed by atoms with Gasteiger partial charge in [0.1, 0.15) is 0 Å². The molecule has 0 N–H and O–H groups in total. The Labute approximate surface area is 127 Å². The SMILES string of the molecule is COCCN1CCN(c2cccc(SC(F)(F)F)c2)CC1. The standard InChI is InChI=1S/C14H19F3N2OS/c1-20-10-9-18-5-7-19(8-6-18)12-3-2-4-13(11-12)21-14(15,16)17/h2-4,11H,5-10H2,1H3. The number of anilines is 1. The Morgan fingerprint density at radius 2 is 1.90 bits per heavy atom. The Bertz CT molecular complexity index is 448. The maximum atomic E-state index is 12.4. The van der Waals surface area contributed by atoms with Crippen LogP contribution >= 0.6 is 11.8 Å². The fourth-order valence-electron chi connectivity index (χ4n) is 2.33. The van der Waals surface area contributed by atoms with Crippen LogP contribution in [0.5, 0.6) is 0 Å². The zero-order valence-corrected chi connectivity index (χ0v) is 12.7. The van der Waals surface area contributed by atoms with Gasteiger partial charge in [-0.2, -0.15) is 13.2 Å². The van der Waals surface area contributed by atoms with Gasteiger partial charge in [0.2, 0.25) is 0 Å². The third kappa shape index (κ3) is 5.41. The molecule has 1 heterocycles. The summed E-state index contributed by atoms with van der Waals surface area (Å²) in [6.45, 7) is 5.06. The van der Waals surface area contributed by atoms with E-state index in [-0.39, 0.29) is 16.7 Å². The number of alkyl halides is 3. The van der Waals surface area contributed by atoms with E-state index in [0.717, 1.165) is 38.4 Å². The minimum absolute atomic E-state index is 0.0631. The molecule has 1 aromatic carbocycles. The Morgan fingerprint density at radius 1 is 1.19 bits per heavy atom. The lowest BCUT2D eigenvalue weighted by molar-refractivity contribution is -0.0328. The molecule has 0 atom stereocenters. The van der Waals surface area contributed by atoms with E-state index in [1.165, 1.54) is 6.07 Å². The number of rotatable bonds is 5. The van der Waals surface area contributed by atoms with Gasteiger partial charge in [0.15, 0.2) is 0 Å². The summed E-state index contributed by atoms with van der Waals surface area (Å²) in [5.41, 5.74) is -3.38. The van der Waals surface area contributed by atoms with Gasteiger partial charge in [-0.3, -0.25) is 4.90 Å². The first-order valence-electron chi connectivity index (χ1n) is 6.80. The van der Waals surface area contributed by atoms with Crippen molar-refractivity contribution < 1.29 is 17.9 Å². The molecule has 0 spiro atoms. The summed E-state index contributed by atoms with van der Waals surface area (Å²) in [7, 11) is 1.68. The predicted octanol–water partition coefficient (Wildman–Crippen LogP) is 3.07. The average molecular weight is 320 g/mol. The topological polar surface area (TPSA) is 15.7 Å². The molecule has 1 aromatic rings. The molecule has 1 fully saturated rings. The van der Waals surface area contributed by atoms with Gasteiger partial charge in [0.05, 0.1) is 6.61 Å². The van der Waals surface area contributed by atoms with Gasteiger partial charge in [-0.15, -0.1) is 0 Å². The van der Waals surface area contributed by atoms with E-state index >= 15 is 0 Å². The Morgan fingerprint density at radius 3 is 2.52 bits per heavy atom. The first-order chi connectivity index (χ1) is 9.98. The van der Waals surface area contributed by atoms with E-state index in [1.54, 1.807) is 19.2 Å². The van der Waals surface area contributed by atoms with Crippen molar-refractivity contribution in [1.29, 1.82) is 0 Å². The zero-order valence-electron chi connectivity index (χ0n) is 11.9. The van der Waals surface area contributed by atoms with Gasteiger partial charge >= 0.3 is 5.51 Å². The molecule has 0 amide bonds. The van der Waals surface area contributed by atoms with Crippen molar-refractivity contribution in [3.05, 3.63) is 24.3 Å². The summed E-state index contributed by atoms with van der Waals surface area (Å²) in [6.07, 6.45) is 0. The normalized spacial score (nSPS) is 17.2. The molecule has 0 unspecified atom stereocenters. The third-order valence-corrected chi connectivity index (χ3v) is 4.12. The van der Waals surface area contributed by atoms with Crippen LogP contribution in [-0.4, -0.2) is 56.8 Å². The number of piperazine rings is 1. The van der Waals surface area contributed by atoms with Gasteiger partial charge in [-0.05, 0) is 30.0 Å². The summed E-state index contributed by atoms with van der Waals surface area (Å²) in [4.78, 5) is 4.67. The number of hydrogen-bond acceptors (Lipinski definition) is 4. The monoisotopic (exact) mass is 320 g/mol. The first kappa shape index (κ1) is 16.5. The van der Waals surface area contributed by atoms with Gasteiger partial charge in [0.25, 0.3) is 0 Å². The van der Waals surface area contributed by atoms with Crippen molar-refractivity contribution in [2.45, 2.75) is 10.4 Å². The van der Waals surface area contributed by atoms with E-state index in [2.05, 4.69) is 9.80 Å². The quantitative estimate of drug-likeness (QED) is 0.775. The van der Waals surface area contributed by atoms with Gasteiger partial charge in [-0.1, -0.05) is 6.07 Å². The van der Waals surface area contributed by atoms with Crippen LogP contribution in [0.15, 0.2) is 29.2 Å². The van der Waals surface area contributed by atoms with Crippen LogP contribution in [0.2, 0.25) is 0 Å². The molecule has 0 aromatic heterocycles. The molecule has 2 rings (SSSR count). The molecule has 0 saturated carbocycles. The molecule has 0 bridgehead atoms. The highest BCUT2D eigenvalue weighted by Crippen LogP contribution is 2.38. The van der Waals surface area contributed by atoms with E-state index < -0.39 is 5.51 Å². The summed E-state index contributed by atoms with van der Waals surface area (Å²) < 4.78 is 42.3. The van der Waals surface area contributed by atoms with Crippen molar-refractivity contribution >= 4 is 17.4 Å². The van der Waals surface area contributed by atoms with Crippen molar-refractivity contribution in [3.63, 3.8) is 0 Å². The molecule has 1 aliphatic rings. The smallest absolute Gasteiger partial charge is 0.383 e. The van der Waals surface area contributed by atoms with Crippen molar-refractivity contribution in [2.75, 3.05) is 51.3 Å². The summed E-state index contributed by atoms with van der Waals surface area (Å²) >= 11 is -0.0631. The predicted molar refractivity (Wildman–Crippen MR) is 78.9 cm³/mol. The zero-order chi connectivity index (χ0) is 15.3. The molecule has 7 heteroatoms. The van der Waals surface area contributed by atoms with Gasteiger partial charge in [0, 0.05) is 50.4 Å². The fourth-order valence-corrected chi connectivity index (χ4v) is 2.92. The largest absolute Gasteiger partial charge is 0.446 e. The highest BCUT2D eigenvalue weighted by atomic mass is 32.2. The molecule has 0 aliphatic carbocycles. The van der Waals surface area contributed by atoms with Crippen LogP contribution in [0.3, 0.4) is 0 Å². The summed E-state index contributed by atoms with van der Waals surface area (Å²) in [6, 6.07) is 6.66. The molecule has 118 valence electrons. The minimum atomic E-state index is -4.24. The number of thioether (sulfide) groups is 1. The molecule has 0 radical (unpaired) electrons. The van der Waals surface area contributed by atoms with Gasteiger partial charge < -0.3 is 9.64 Å². The van der Waals surface area contributed by atoms with E-state index in [1.807, 2.05) is 6.07 Å². The number of ether oxygens (including phenoxy) is 1. The highest BCUT2D eigenvalue weighted by molar-refractivity contribution is 8.00. The van der Waals surface area contributed by atoms with Crippen LogP contribution < -0.4 is 4.90 Å².